The molecule has 0 aromatic carbocycles. The van der Waals surface area contributed by atoms with Gasteiger partial charge in [0.2, 0.25) is 11.9 Å². The molecule has 0 radical (unpaired) electrons. The van der Waals surface area contributed by atoms with Gasteiger partial charge in [-0.3, -0.25) is 0 Å². The molecule has 13 heavy (non-hydrogen) atoms. The average molecular weight is 180 g/mol. The third-order valence-corrected chi connectivity index (χ3v) is 1.20. The molecule has 7 nitrogen and oxygen atoms in total. The highest BCUT2D eigenvalue weighted by atomic mass is 16.5. The van der Waals surface area contributed by atoms with Gasteiger partial charge >= 0.3 is 6.01 Å². The Morgan fingerprint density at radius 1 is 1.15 bits per heavy atom. The summed E-state index contributed by atoms with van der Waals surface area (Å²) < 4.78 is 4.45. The van der Waals surface area contributed by atoms with E-state index in [1.54, 1.807) is 14.1 Å². The number of rotatable bonds is 3. The minimum atomic E-state index is -0.0359. The van der Waals surface area contributed by atoms with Gasteiger partial charge < -0.3 is 15.4 Å². The van der Waals surface area contributed by atoms with Crippen LogP contribution in [0.25, 0.3) is 0 Å². The fourth-order valence-corrected chi connectivity index (χ4v) is 0.667. The molecule has 0 spiro atoms. The molecule has 0 aliphatic rings. The van der Waals surface area contributed by atoms with Crippen molar-refractivity contribution in [2.75, 3.05) is 24.7 Å². The maximum absolute atomic E-state index is 8.23. The zero-order valence-corrected chi connectivity index (χ0v) is 7.20. The van der Waals surface area contributed by atoms with Crippen molar-refractivity contribution in [2.45, 2.75) is 0 Å². The third-order valence-electron chi connectivity index (χ3n) is 1.20. The first-order valence-electron chi connectivity index (χ1n) is 3.47. The molecule has 0 saturated heterocycles. The molecule has 0 atom stereocenters. The Labute approximate surface area is 74.8 Å². The summed E-state index contributed by atoms with van der Waals surface area (Å²) in [6.45, 7) is 0. The molecule has 0 aliphatic heterocycles. The Morgan fingerprint density at radius 2 is 1.69 bits per heavy atom. The summed E-state index contributed by atoms with van der Waals surface area (Å²) in [6, 6.07) is -0.0359. The Morgan fingerprint density at radius 3 is 2.08 bits per heavy atom. The van der Waals surface area contributed by atoms with Crippen LogP contribution in [0, 0.1) is 11.5 Å². The molecule has 7 heteroatoms. The van der Waals surface area contributed by atoms with Gasteiger partial charge in [-0.2, -0.15) is 15.0 Å². The second-order valence-electron chi connectivity index (χ2n) is 1.96. The molecular weight excluding hydrogens is 172 g/mol. The average Bonchev–Trinajstić information content (AvgIpc) is 2.17. The maximum Gasteiger partial charge on any atom is 0.339 e. The van der Waals surface area contributed by atoms with E-state index in [4.69, 9.17) is 5.26 Å². The van der Waals surface area contributed by atoms with Gasteiger partial charge in [0.25, 0.3) is 6.26 Å². The van der Waals surface area contributed by atoms with Crippen LogP contribution < -0.4 is 15.4 Å². The standard InChI is InChI=1S/C6H8N6O/c1-8-4-10-5(9-2)12-6(11-4)13-3-7/h1-2H3,(H2,8,9,10,11,12). The molecule has 0 unspecified atom stereocenters. The van der Waals surface area contributed by atoms with Crippen LogP contribution in [0.3, 0.4) is 0 Å². The molecule has 2 N–H and O–H groups in total. The van der Waals surface area contributed by atoms with Crippen LogP contribution in [0.2, 0.25) is 0 Å². The van der Waals surface area contributed by atoms with E-state index in [9.17, 15) is 0 Å². The van der Waals surface area contributed by atoms with Gasteiger partial charge in [-0.1, -0.05) is 0 Å². The quantitative estimate of drug-likeness (QED) is 0.622. The van der Waals surface area contributed by atoms with Crippen molar-refractivity contribution in [3.8, 4) is 12.3 Å². The van der Waals surface area contributed by atoms with Gasteiger partial charge in [-0.25, -0.2) is 0 Å². The molecule has 1 aromatic rings. The normalized spacial score (nSPS) is 8.69. The number of nitrogens with zero attached hydrogens (tertiary/aromatic N) is 4. The van der Waals surface area contributed by atoms with Crippen LogP contribution in [-0.4, -0.2) is 29.0 Å². The lowest BCUT2D eigenvalue weighted by molar-refractivity contribution is 0.463. The molecule has 0 amide bonds. The van der Waals surface area contributed by atoms with Crippen LogP contribution >= 0.6 is 0 Å². The van der Waals surface area contributed by atoms with Gasteiger partial charge in [0.1, 0.15) is 0 Å². The second kappa shape index (κ2) is 4.06. The Bertz CT molecular complexity index is 310. The van der Waals surface area contributed by atoms with Crippen molar-refractivity contribution < 1.29 is 4.74 Å². The Hall–Kier alpha value is -2.10. The summed E-state index contributed by atoms with van der Waals surface area (Å²) >= 11 is 0. The van der Waals surface area contributed by atoms with Crippen LogP contribution in [-0.2, 0) is 0 Å². The number of nitrogens with one attached hydrogen (secondary N) is 2. The van der Waals surface area contributed by atoms with E-state index in [1.165, 1.54) is 6.26 Å². The highest BCUT2D eigenvalue weighted by Gasteiger charge is 2.04. The van der Waals surface area contributed by atoms with E-state index in [-0.39, 0.29) is 6.01 Å². The summed E-state index contributed by atoms with van der Waals surface area (Å²) in [5.74, 6) is 0.675. The fourth-order valence-electron chi connectivity index (χ4n) is 0.667. The van der Waals surface area contributed by atoms with Crippen molar-refractivity contribution in [2.24, 2.45) is 0 Å². The summed E-state index contributed by atoms with van der Waals surface area (Å²) in [7, 11) is 3.32. The van der Waals surface area contributed by atoms with E-state index in [1.807, 2.05) is 0 Å². The molecule has 0 bridgehead atoms. The van der Waals surface area contributed by atoms with Gasteiger partial charge in [0.05, 0.1) is 0 Å². The van der Waals surface area contributed by atoms with E-state index < -0.39 is 0 Å². The zero-order chi connectivity index (χ0) is 9.68. The van der Waals surface area contributed by atoms with E-state index in [2.05, 4.69) is 30.3 Å². The number of hydrogen-bond acceptors (Lipinski definition) is 7. The van der Waals surface area contributed by atoms with Crippen LogP contribution in [0.15, 0.2) is 0 Å². The van der Waals surface area contributed by atoms with Gasteiger partial charge in [-0.05, 0) is 0 Å². The number of nitriles is 1. The number of aromatic nitrogens is 3. The van der Waals surface area contributed by atoms with Crippen molar-refractivity contribution in [3.63, 3.8) is 0 Å². The molecular formula is C6H8N6O. The summed E-state index contributed by atoms with van der Waals surface area (Å²) in [5, 5.41) is 13.7. The molecule has 0 saturated carbocycles. The third kappa shape index (κ3) is 2.16. The lowest BCUT2D eigenvalue weighted by Gasteiger charge is -2.02. The van der Waals surface area contributed by atoms with Gasteiger partial charge in [0, 0.05) is 14.1 Å². The van der Waals surface area contributed by atoms with E-state index >= 15 is 0 Å². The molecule has 68 valence electrons. The first-order valence-corrected chi connectivity index (χ1v) is 3.47. The second-order valence-corrected chi connectivity index (χ2v) is 1.96. The van der Waals surface area contributed by atoms with Crippen LogP contribution in [0.4, 0.5) is 11.9 Å². The van der Waals surface area contributed by atoms with Crippen molar-refractivity contribution in [3.05, 3.63) is 0 Å². The van der Waals surface area contributed by atoms with E-state index in [0.29, 0.717) is 11.9 Å². The molecule has 1 heterocycles. The minimum absolute atomic E-state index is 0.0359. The number of hydrogen-bond donors (Lipinski definition) is 2. The minimum Gasteiger partial charge on any atom is -0.357 e. The van der Waals surface area contributed by atoms with Gasteiger partial charge in [-0.15, -0.1) is 5.26 Å². The first kappa shape index (κ1) is 8.99. The largest absolute Gasteiger partial charge is 0.357 e. The highest BCUT2D eigenvalue weighted by molar-refractivity contribution is 5.34. The zero-order valence-electron chi connectivity index (χ0n) is 7.20. The molecule has 1 aromatic heterocycles. The smallest absolute Gasteiger partial charge is 0.339 e. The fraction of sp³-hybridized carbons (Fsp3) is 0.333. The molecule has 1 rings (SSSR count). The van der Waals surface area contributed by atoms with Crippen molar-refractivity contribution in [1.82, 2.24) is 15.0 Å². The van der Waals surface area contributed by atoms with Crippen molar-refractivity contribution >= 4 is 11.9 Å². The SMILES string of the molecule is CNc1nc(NC)nc(OC#N)n1. The Kier molecular flexibility index (Phi) is 2.81. The van der Waals surface area contributed by atoms with Gasteiger partial charge in [0.15, 0.2) is 0 Å². The summed E-state index contributed by atoms with van der Waals surface area (Å²) in [4.78, 5) is 11.5. The first-order chi connectivity index (χ1) is 6.30. The van der Waals surface area contributed by atoms with Crippen LogP contribution in [0.1, 0.15) is 0 Å². The van der Waals surface area contributed by atoms with E-state index in [0.717, 1.165) is 0 Å². The highest BCUT2D eigenvalue weighted by Crippen LogP contribution is 2.09. The summed E-state index contributed by atoms with van der Waals surface area (Å²) in [6.07, 6.45) is 1.48. The lowest BCUT2D eigenvalue weighted by atomic mass is 10.8. The Balaban J connectivity index is 3.01. The lowest BCUT2D eigenvalue weighted by Crippen LogP contribution is -2.04. The summed E-state index contributed by atoms with van der Waals surface area (Å²) in [5.41, 5.74) is 0. The van der Waals surface area contributed by atoms with Crippen molar-refractivity contribution in [1.29, 1.82) is 5.26 Å². The van der Waals surface area contributed by atoms with Crippen LogP contribution in [0.5, 0.6) is 6.01 Å². The number of anilines is 2. The predicted molar refractivity (Wildman–Crippen MR) is 45.2 cm³/mol. The maximum atomic E-state index is 8.23. The molecule has 0 fully saturated rings. The number of ether oxygens (including phenoxy) is 1. The topological polar surface area (TPSA) is 95.8 Å². The predicted octanol–water partition coefficient (Wildman–Crippen LogP) is -0.185. The molecule has 0 aliphatic carbocycles. The monoisotopic (exact) mass is 180 g/mol.